The van der Waals surface area contributed by atoms with Crippen molar-refractivity contribution in [1.82, 2.24) is 9.46 Å². The number of fused-ring (bicyclic) bond motifs is 1. The fourth-order valence-corrected chi connectivity index (χ4v) is 4.57. The number of hydrogen-bond donors (Lipinski definition) is 0. The molecule has 1 aliphatic heterocycles. The minimum Gasteiger partial charge on any atom is -0.351 e. The zero-order valence-corrected chi connectivity index (χ0v) is 15.3. The molecule has 0 saturated heterocycles. The molecule has 0 unspecified atom stereocenters. The van der Waals surface area contributed by atoms with Crippen LogP contribution < -0.4 is 4.90 Å². The molecule has 0 aliphatic carbocycles. The second kappa shape index (κ2) is 6.61. The van der Waals surface area contributed by atoms with Crippen LogP contribution in [-0.2, 0) is 16.4 Å². The van der Waals surface area contributed by atoms with Crippen LogP contribution in [0.1, 0.15) is 35.7 Å². The van der Waals surface area contributed by atoms with Gasteiger partial charge in [-0.25, -0.2) is 8.42 Å². The van der Waals surface area contributed by atoms with Gasteiger partial charge in [-0.2, -0.15) is 4.31 Å². The van der Waals surface area contributed by atoms with Crippen molar-refractivity contribution in [2.45, 2.75) is 32.1 Å². The Bertz CT molecular complexity index is 900. The number of sulfonamides is 1. The first-order chi connectivity index (χ1) is 11.9. The fraction of sp³-hybridized carbons (Fsp3) is 0.412. The SMILES string of the molecule is CCN(CC)S(=O)(=O)c1ccc2c(c1)CCN2C(=O)c1cc(C)no1. The van der Waals surface area contributed by atoms with Crippen LogP contribution in [0.3, 0.4) is 0 Å². The highest BCUT2D eigenvalue weighted by atomic mass is 32.2. The van der Waals surface area contributed by atoms with Crippen molar-refractivity contribution in [1.29, 1.82) is 0 Å². The molecule has 1 aromatic carbocycles. The van der Waals surface area contributed by atoms with E-state index in [-0.39, 0.29) is 16.6 Å². The Morgan fingerprint density at radius 3 is 2.60 bits per heavy atom. The molecule has 0 bridgehead atoms. The number of aryl methyl sites for hydroxylation is 1. The molecule has 0 radical (unpaired) electrons. The summed E-state index contributed by atoms with van der Waals surface area (Å²) in [5.74, 6) is -0.0797. The quantitative estimate of drug-likeness (QED) is 0.813. The number of hydrogen-bond acceptors (Lipinski definition) is 5. The number of nitrogens with zero attached hydrogens (tertiary/aromatic N) is 3. The summed E-state index contributed by atoms with van der Waals surface area (Å²) in [6, 6.07) is 6.52. The van der Waals surface area contributed by atoms with Crippen LogP contribution in [-0.4, -0.2) is 43.4 Å². The minimum atomic E-state index is -3.51. The van der Waals surface area contributed by atoms with Gasteiger partial charge in [-0.1, -0.05) is 19.0 Å². The first kappa shape index (κ1) is 17.6. The predicted octanol–water partition coefficient (Wildman–Crippen LogP) is 2.22. The Kier molecular flexibility index (Phi) is 4.66. The van der Waals surface area contributed by atoms with Gasteiger partial charge in [0.15, 0.2) is 0 Å². The summed E-state index contributed by atoms with van der Waals surface area (Å²) in [7, 11) is -3.51. The van der Waals surface area contributed by atoms with E-state index in [0.29, 0.717) is 31.7 Å². The van der Waals surface area contributed by atoms with E-state index in [1.807, 2.05) is 13.8 Å². The predicted molar refractivity (Wildman–Crippen MR) is 93.2 cm³/mol. The van der Waals surface area contributed by atoms with E-state index in [2.05, 4.69) is 5.16 Å². The standard InChI is InChI=1S/C17H21N3O4S/c1-4-19(5-2)25(22,23)14-6-7-15-13(11-14)8-9-20(15)17(21)16-10-12(3)18-24-16/h6-7,10-11H,4-5,8-9H2,1-3H3. The first-order valence-electron chi connectivity index (χ1n) is 8.26. The van der Waals surface area contributed by atoms with E-state index < -0.39 is 10.0 Å². The highest BCUT2D eigenvalue weighted by molar-refractivity contribution is 7.89. The molecule has 1 aromatic heterocycles. The van der Waals surface area contributed by atoms with Gasteiger partial charge in [0.1, 0.15) is 0 Å². The Labute approximate surface area is 147 Å². The Morgan fingerprint density at radius 1 is 1.28 bits per heavy atom. The average molecular weight is 363 g/mol. The maximum Gasteiger partial charge on any atom is 0.296 e. The normalized spacial score (nSPS) is 14.2. The Morgan fingerprint density at radius 2 is 2.00 bits per heavy atom. The summed E-state index contributed by atoms with van der Waals surface area (Å²) in [4.78, 5) is 14.4. The van der Waals surface area contributed by atoms with Crippen molar-refractivity contribution in [2.75, 3.05) is 24.5 Å². The third-order valence-electron chi connectivity index (χ3n) is 4.37. The van der Waals surface area contributed by atoms with Gasteiger partial charge in [0, 0.05) is 31.4 Å². The number of aromatic nitrogens is 1. The monoisotopic (exact) mass is 363 g/mol. The van der Waals surface area contributed by atoms with Crippen molar-refractivity contribution in [3.05, 3.63) is 41.3 Å². The maximum atomic E-state index is 12.7. The van der Waals surface area contributed by atoms with Crippen LogP contribution in [0.4, 0.5) is 5.69 Å². The summed E-state index contributed by atoms with van der Waals surface area (Å²) >= 11 is 0. The third-order valence-corrected chi connectivity index (χ3v) is 6.42. The lowest BCUT2D eigenvalue weighted by atomic mass is 10.2. The fourth-order valence-electron chi connectivity index (χ4n) is 3.06. The van der Waals surface area contributed by atoms with Crippen molar-refractivity contribution in [2.24, 2.45) is 0 Å². The smallest absolute Gasteiger partial charge is 0.296 e. The van der Waals surface area contributed by atoms with E-state index in [1.54, 1.807) is 36.1 Å². The molecular weight excluding hydrogens is 342 g/mol. The summed E-state index contributed by atoms with van der Waals surface area (Å²) in [5, 5.41) is 3.74. The molecule has 2 aromatic rings. The number of rotatable bonds is 5. The van der Waals surface area contributed by atoms with Crippen LogP contribution in [0.15, 0.2) is 33.7 Å². The van der Waals surface area contributed by atoms with Gasteiger partial charge in [-0.15, -0.1) is 0 Å². The second-order valence-corrected chi connectivity index (χ2v) is 7.86. The Hall–Kier alpha value is -2.19. The molecule has 1 amide bonds. The van der Waals surface area contributed by atoms with E-state index in [9.17, 15) is 13.2 Å². The van der Waals surface area contributed by atoms with Gasteiger partial charge in [-0.05, 0) is 37.1 Å². The topological polar surface area (TPSA) is 83.7 Å². The van der Waals surface area contributed by atoms with Gasteiger partial charge in [0.2, 0.25) is 15.8 Å². The number of benzene rings is 1. The van der Waals surface area contributed by atoms with E-state index in [1.165, 1.54) is 4.31 Å². The molecule has 0 spiro atoms. The number of amides is 1. The highest BCUT2D eigenvalue weighted by Gasteiger charge is 2.30. The summed E-state index contributed by atoms with van der Waals surface area (Å²) in [5.41, 5.74) is 2.21. The van der Waals surface area contributed by atoms with Crippen molar-refractivity contribution >= 4 is 21.6 Å². The minimum absolute atomic E-state index is 0.185. The van der Waals surface area contributed by atoms with Gasteiger partial charge in [-0.3, -0.25) is 4.79 Å². The molecule has 7 nitrogen and oxygen atoms in total. The van der Waals surface area contributed by atoms with E-state index >= 15 is 0 Å². The highest BCUT2D eigenvalue weighted by Crippen LogP contribution is 2.32. The maximum absolute atomic E-state index is 12.7. The summed E-state index contributed by atoms with van der Waals surface area (Å²) in [6.45, 7) is 6.71. The van der Waals surface area contributed by atoms with E-state index in [4.69, 9.17) is 4.52 Å². The molecule has 0 atom stereocenters. The van der Waals surface area contributed by atoms with Crippen molar-refractivity contribution < 1.29 is 17.7 Å². The van der Waals surface area contributed by atoms with Crippen LogP contribution in [0, 0.1) is 6.92 Å². The summed E-state index contributed by atoms with van der Waals surface area (Å²) in [6.07, 6.45) is 0.607. The molecule has 25 heavy (non-hydrogen) atoms. The zero-order chi connectivity index (χ0) is 18.2. The Balaban J connectivity index is 1.92. The molecule has 1 aliphatic rings. The lowest BCUT2D eigenvalue weighted by Crippen LogP contribution is -2.30. The van der Waals surface area contributed by atoms with Crippen LogP contribution in [0.2, 0.25) is 0 Å². The number of anilines is 1. The van der Waals surface area contributed by atoms with E-state index in [0.717, 1.165) is 11.3 Å². The number of carbonyl (C=O) groups excluding carboxylic acids is 1. The van der Waals surface area contributed by atoms with Gasteiger partial charge >= 0.3 is 0 Å². The van der Waals surface area contributed by atoms with Crippen molar-refractivity contribution in [3.63, 3.8) is 0 Å². The first-order valence-corrected chi connectivity index (χ1v) is 9.70. The van der Waals surface area contributed by atoms with Crippen LogP contribution >= 0.6 is 0 Å². The van der Waals surface area contributed by atoms with Crippen LogP contribution in [0.25, 0.3) is 0 Å². The molecule has 0 fully saturated rings. The van der Waals surface area contributed by atoms with Crippen LogP contribution in [0.5, 0.6) is 0 Å². The third kappa shape index (κ3) is 3.07. The molecule has 2 heterocycles. The van der Waals surface area contributed by atoms with Crippen molar-refractivity contribution in [3.8, 4) is 0 Å². The zero-order valence-electron chi connectivity index (χ0n) is 14.5. The van der Waals surface area contributed by atoms with Gasteiger partial charge in [0.05, 0.1) is 10.6 Å². The second-order valence-electron chi connectivity index (χ2n) is 5.92. The van der Waals surface area contributed by atoms with Gasteiger partial charge < -0.3 is 9.42 Å². The average Bonchev–Trinajstić information content (AvgIpc) is 3.20. The van der Waals surface area contributed by atoms with Gasteiger partial charge in [0.25, 0.3) is 5.91 Å². The largest absolute Gasteiger partial charge is 0.351 e. The molecule has 134 valence electrons. The molecule has 0 N–H and O–H groups in total. The summed E-state index contributed by atoms with van der Waals surface area (Å²) < 4.78 is 31.8. The molecule has 0 saturated carbocycles. The molecular formula is C17H21N3O4S. The lowest BCUT2D eigenvalue weighted by molar-refractivity contribution is 0.0953. The number of carbonyl (C=O) groups is 1. The lowest BCUT2D eigenvalue weighted by Gasteiger charge is -2.19. The molecule has 3 rings (SSSR count). The molecule has 8 heteroatoms.